The Morgan fingerprint density at radius 2 is 2.04 bits per heavy atom. The number of carbonyl (C=O) groups excluding carboxylic acids is 1. The van der Waals surface area contributed by atoms with Crippen molar-refractivity contribution in [2.24, 2.45) is 0 Å². The van der Waals surface area contributed by atoms with E-state index in [1.807, 2.05) is 43.3 Å². The predicted molar refractivity (Wildman–Crippen MR) is 111 cm³/mol. The molecule has 2 N–H and O–H groups in total. The summed E-state index contributed by atoms with van der Waals surface area (Å²) in [5.41, 5.74) is 8.66. The lowest BCUT2D eigenvalue weighted by atomic mass is 10.1. The number of nitrogen functional groups attached to an aromatic ring is 1. The second-order valence-electron chi connectivity index (χ2n) is 7.01. The molecule has 144 valence electrons. The number of pyridine rings is 1. The zero-order valence-electron chi connectivity index (χ0n) is 15.7. The van der Waals surface area contributed by atoms with Gasteiger partial charge in [-0.25, -0.2) is 4.98 Å². The van der Waals surface area contributed by atoms with Crippen LogP contribution in [0.4, 0.5) is 5.13 Å². The molecule has 1 amide bonds. The quantitative estimate of drug-likeness (QED) is 0.738. The van der Waals surface area contributed by atoms with Crippen LogP contribution in [-0.2, 0) is 25.9 Å². The first-order valence-electron chi connectivity index (χ1n) is 9.30. The van der Waals surface area contributed by atoms with Crippen molar-refractivity contribution in [3.63, 3.8) is 0 Å². The minimum absolute atomic E-state index is 0.214. The summed E-state index contributed by atoms with van der Waals surface area (Å²) in [7, 11) is 0. The van der Waals surface area contributed by atoms with E-state index in [2.05, 4.69) is 4.98 Å². The second-order valence-corrected chi connectivity index (χ2v) is 8.12. The molecule has 0 fully saturated rings. The summed E-state index contributed by atoms with van der Waals surface area (Å²) in [6.45, 7) is 3.36. The molecule has 3 aromatic rings. The largest absolute Gasteiger partial charge is 0.375 e. The van der Waals surface area contributed by atoms with Crippen LogP contribution in [0.25, 0.3) is 0 Å². The maximum atomic E-state index is 13.2. The summed E-state index contributed by atoms with van der Waals surface area (Å²) in [6.07, 6.45) is 3.18. The summed E-state index contributed by atoms with van der Waals surface area (Å²) < 4.78 is 1.63. The van der Waals surface area contributed by atoms with Gasteiger partial charge in [0.1, 0.15) is 5.56 Å². The van der Waals surface area contributed by atoms with Crippen molar-refractivity contribution in [2.75, 3.05) is 12.3 Å². The van der Waals surface area contributed by atoms with E-state index in [-0.39, 0.29) is 17.0 Å². The number of aryl methyl sites for hydroxylation is 3. The number of hydrogen-bond acceptors (Lipinski definition) is 5. The first-order valence-corrected chi connectivity index (χ1v) is 10.1. The van der Waals surface area contributed by atoms with Crippen molar-refractivity contribution in [3.8, 4) is 0 Å². The summed E-state index contributed by atoms with van der Waals surface area (Å²) in [6, 6.07) is 11.9. The number of aromatic nitrogens is 2. The van der Waals surface area contributed by atoms with Crippen molar-refractivity contribution in [1.29, 1.82) is 0 Å². The Morgan fingerprint density at radius 3 is 2.82 bits per heavy atom. The summed E-state index contributed by atoms with van der Waals surface area (Å²) in [5, 5.41) is 0.526. The van der Waals surface area contributed by atoms with E-state index in [1.54, 1.807) is 15.7 Å². The van der Waals surface area contributed by atoms with Gasteiger partial charge < -0.3 is 15.2 Å². The number of nitrogens with two attached hydrogens (primary N) is 1. The molecule has 0 spiro atoms. The lowest BCUT2D eigenvalue weighted by Gasteiger charge is -2.26. The molecule has 28 heavy (non-hydrogen) atoms. The van der Waals surface area contributed by atoms with Crippen LogP contribution in [0.5, 0.6) is 0 Å². The highest BCUT2D eigenvalue weighted by Gasteiger charge is 2.27. The molecule has 6 nitrogen and oxygen atoms in total. The number of anilines is 1. The fourth-order valence-corrected chi connectivity index (χ4v) is 4.44. The molecule has 1 aliphatic heterocycles. The van der Waals surface area contributed by atoms with E-state index < -0.39 is 0 Å². The van der Waals surface area contributed by atoms with Crippen LogP contribution in [0, 0.1) is 6.92 Å². The third-order valence-corrected chi connectivity index (χ3v) is 6.02. The molecule has 1 aromatic carbocycles. The summed E-state index contributed by atoms with van der Waals surface area (Å²) >= 11 is 1.41. The molecule has 0 saturated carbocycles. The van der Waals surface area contributed by atoms with Crippen LogP contribution in [0.15, 0.2) is 47.4 Å². The number of amides is 1. The van der Waals surface area contributed by atoms with Crippen molar-refractivity contribution >= 4 is 22.4 Å². The normalized spacial score (nSPS) is 13.4. The molecule has 7 heteroatoms. The molecule has 0 saturated heterocycles. The van der Waals surface area contributed by atoms with Crippen LogP contribution in [0.1, 0.15) is 32.1 Å². The Labute approximate surface area is 167 Å². The Balaban J connectivity index is 1.57. The first kappa shape index (κ1) is 18.4. The summed E-state index contributed by atoms with van der Waals surface area (Å²) in [5.74, 6) is -0.214. The maximum absolute atomic E-state index is 13.2. The number of benzene rings is 1. The molecule has 0 aliphatic carbocycles. The second kappa shape index (κ2) is 7.59. The molecule has 0 radical (unpaired) electrons. The highest BCUT2D eigenvalue weighted by atomic mass is 32.1. The highest BCUT2D eigenvalue weighted by Crippen LogP contribution is 2.27. The molecule has 1 aliphatic rings. The fraction of sp³-hybridized carbons (Fsp3) is 0.286. The topological polar surface area (TPSA) is 81.2 Å². The minimum atomic E-state index is -0.226. The highest BCUT2D eigenvalue weighted by molar-refractivity contribution is 7.15. The van der Waals surface area contributed by atoms with Crippen molar-refractivity contribution in [1.82, 2.24) is 14.5 Å². The van der Waals surface area contributed by atoms with Crippen LogP contribution in [0.2, 0.25) is 0 Å². The van der Waals surface area contributed by atoms with Crippen LogP contribution in [-0.4, -0.2) is 26.9 Å². The lowest BCUT2D eigenvalue weighted by Crippen LogP contribution is -2.40. The number of hydrogen-bond donors (Lipinski definition) is 1. The van der Waals surface area contributed by atoms with Gasteiger partial charge in [0.05, 0.1) is 12.2 Å². The van der Waals surface area contributed by atoms with Crippen LogP contribution >= 0.6 is 11.3 Å². The van der Waals surface area contributed by atoms with Gasteiger partial charge in [0.25, 0.3) is 11.5 Å². The average Bonchev–Trinajstić information content (AvgIpc) is 3.07. The number of nitrogens with zero attached hydrogens (tertiary/aromatic N) is 3. The van der Waals surface area contributed by atoms with Gasteiger partial charge in [0.15, 0.2) is 5.13 Å². The Bertz CT molecular complexity index is 1070. The van der Waals surface area contributed by atoms with E-state index in [0.29, 0.717) is 36.8 Å². The SMILES string of the molecule is Cc1ccn(CCc2ccccc2)c(=O)c1C(=O)N1CCc2nc(N)sc2C1. The van der Waals surface area contributed by atoms with Crippen molar-refractivity contribution in [3.05, 3.63) is 80.2 Å². The molecule has 2 aromatic heterocycles. The van der Waals surface area contributed by atoms with Gasteiger partial charge in [-0.2, -0.15) is 0 Å². The number of carbonyl (C=O) groups is 1. The van der Waals surface area contributed by atoms with Crippen molar-refractivity contribution in [2.45, 2.75) is 32.9 Å². The van der Waals surface area contributed by atoms with Crippen LogP contribution < -0.4 is 11.3 Å². The van der Waals surface area contributed by atoms with Gasteiger partial charge in [-0.1, -0.05) is 30.3 Å². The first-order chi connectivity index (χ1) is 13.5. The Morgan fingerprint density at radius 1 is 1.25 bits per heavy atom. The minimum Gasteiger partial charge on any atom is -0.375 e. The third kappa shape index (κ3) is 3.57. The molecule has 0 bridgehead atoms. The predicted octanol–water partition coefficient (Wildman–Crippen LogP) is 2.64. The van der Waals surface area contributed by atoms with Gasteiger partial charge in [-0.3, -0.25) is 9.59 Å². The molecule has 3 heterocycles. The van der Waals surface area contributed by atoms with Gasteiger partial charge >= 0.3 is 0 Å². The monoisotopic (exact) mass is 394 g/mol. The molecular weight excluding hydrogens is 372 g/mol. The van der Waals surface area contributed by atoms with Gasteiger partial charge in [0, 0.05) is 30.6 Å². The molecule has 0 atom stereocenters. The smallest absolute Gasteiger partial charge is 0.263 e. The number of rotatable bonds is 4. The zero-order chi connectivity index (χ0) is 19.7. The van der Waals surface area contributed by atoms with E-state index in [0.717, 1.165) is 22.6 Å². The average molecular weight is 395 g/mol. The van der Waals surface area contributed by atoms with Crippen LogP contribution in [0.3, 0.4) is 0 Å². The fourth-order valence-electron chi connectivity index (χ4n) is 3.54. The van der Waals surface area contributed by atoms with Gasteiger partial charge in [-0.15, -0.1) is 11.3 Å². The van der Waals surface area contributed by atoms with Crippen molar-refractivity contribution < 1.29 is 4.79 Å². The summed E-state index contributed by atoms with van der Waals surface area (Å²) in [4.78, 5) is 33.2. The van der Waals surface area contributed by atoms with Gasteiger partial charge in [0.2, 0.25) is 0 Å². The Kier molecular flexibility index (Phi) is 5.00. The van der Waals surface area contributed by atoms with Gasteiger partial charge in [-0.05, 0) is 30.5 Å². The van der Waals surface area contributed by atoms with E-state index in [9.17, 15) is 9.59 Å². The molecular formula is C21H22N4O2S. The standard InChI is InChI=1S/C21H22N4O2S/c1-14-7-10-24(11-8-15-5-3-2-4-6-15)19(26)18(14)20(27)25-12-9-16-17(13-25)28-21(22)23-16/h2-7,10H,8-9,11-13H2,1H3,(H2,22,23). The number of thiazole rings is 1. The Hall–Kier alpha value is -2.93. The van der Waals surface area contributed by atoms with E-state index >= 15 is 0 Å². The molecule has 0 unspecified atom stereocenters. The lowest BCUT2D eigenvalue weighted by molar-refractivity contribution is 0.0733. The number of fused-ring (bicyclic) bond motifs is 1. The van der Waals surface area contributed by atoms with E-state index in [1.165, 1.54) is 11.3 Å². The zero-order valence-corrected chi connectivity index (χ0v) is 16.5. The third-order valence-electron chi connectivity index (χ3n) is 5.11. The maximum Gasteiger partial charge on any atom is 0.263 e. The van der Waals surface area contributed by atoms with E-state index in [4.69, 9.17) is 5.73 Å². The molecule has 4 rings (SSSR count).